The van der Waals surface area contributed by atoms with Crippen LogP contribution in [-0.2, 0) is 16.1 Å². The molecule has 2 rings (SSSR count). The van der Waals surface area contributed by atoms with Crippen LogP contribution >= 0.6 is 0 Å². The van der Waals surface area contributed by atoms with Crippen molar-refractivity contribution in [1.82, 2.24) is 16.0 Å². The first kappa shape index (κ1) is 19.2. The van der Waals surface area contributed by atoms with Gasteiger partial charge >= 0.3 is 6.36 Å². The molecule has 0 aromatic heterocycles. The molecule has 1 atom stereocenters. The average molecular weight is 374 g/mol. The Labute approximate surface area is 145 Å². The van der Waals surface area contributed by atoms with E-state index in [9.17, 15) is 27.2 Å². The third kappa shape index (κ3) is 4.94. The Morgan fingerprint density at radius 1 is 1.35 bits per heavy atom. The lowest BCUT2D eigenvalue weighted by Gasteiger charge is -2.30. The molecule has 1 aliphatic rings. The Morgan fingerprint density at radius 3 is 2.65 bits per heavy atom. The van der Waals surface area contributed by atoms with E-state index in [4.69, 9.17) is 0 Å². The summed E-state index contributed by atoms with van der Waals surface area (Å²) in [6.45, 7) is 0.956. The molecule has 0 aliphatic carbocycles. The number of hydrogen-bond acceptors (Lipinski definition) is 5. The largest absolute Gasteiger partial charge is 0.573 e. The predicted octanol–water partition coefficient (Wildman–Crippen LogP) is 1.32. The number of alkyl halides is 3. The van der Waals surface area contributed by atoms with Gasteiger partial charge in [0, 0.05) is 25.9 Å². The molecule has 140 valence electrons. The number of rotatable bonds is 5. The molecule has 1 unspecified atom stereocenters. The first-order chi connectivity index (χ1) is 12.1. The van der Waals surface area contributed by atoms with E-state index in [-0.39, 0.29) is 12.1 Å². The SMILES string of the molecule is CC(=O)NC1(C(=O)NCc2ccc(F)c(OC(F)(F)F)c2)C=NC=CN1. The number of amides is 2. The average Bonchev–Trinajstić information content (AvgIpc) is 2.54. The number of nitrogens with zero attached hydrogens (tertiary/aromatic N) is 1. The normalized spacial score (nSPS) is 18.8. The van der Waals surface area contributed by atoms with Gasteiger partial charge in [0.15, 0.2) is 11.6 Å². The van der Waals surface area contributed by atoms with Crippen molar-refractivity contribution in [2.24, 2.45) is 4.99 Å². The molecular weight excluding hydrogens is 360 g/mol. The first-order valence-corrected chi connectivity index (χ1v) is 7.19. The van der Waals surface area contributed by atoms with Crippen LogP contribution in [0.5, 0.6) is 5.75 Å². The van der Waals surface area contributed by atoms with Gasteiger partial charge in [0.05, 0.1) is 6.21 Å². The van der Waals surface area contributed by atoms with Crippen molar-refractivity contribution in [2.45, 2.75) is 25.5 Å². The third-order valence-corrected chi connectivity index (χ3v) is 3.15. The monoisotopic (exact) mass is 374 g/mol. The van der Waals surface area contributed by atoms with Crippen LogP contribution in [0.2, 0.25) is 0 Å². The first-order valence-electron chi connectivity index (χ1n) is 7.19. The van der Waals surface area contributed by atoms with Crippen LogP contribution < -0.4 is 20.7 Å². The topological polar surface area (TPSA) is 91.8 Å². The number of carbonyl (C=O) groups is 2. The van der Waals surface area contributed by atoms with Crippen molar-refractivity contribution in [2.75, 3.05) is 0 Å². The molecule has 1 aliphatic heterocycles. The van der Waals surface area contributed by atoms with Gasteiger partial charge in [-0.1, -0.05) is 6.07 Å². The van der Waals surface area contributed by atoms with Gasteiger partial charge in [-0.05, 0) is 17.7 Å². The molecular formula is C15H14F4N4O3. The molecule has 0 bridgehead atoms. The van der Waals surface area contributed by atoms with Gasteiger partial charge in [0.2, 0.25) is 11.6 Å². The van der Waals surface area contributed by atoms with Crippen LogP contribution in [0.3, 0.4) is 0 Å². The lowest BCUT2D eigenvalue weighted by molar-refractivity contribution is -0.275. The summed E-state index contributed by atoms with van der Waals surface area (Å²) in [5.41, 5.74) is -1.49. The fourth-order valence-electron chi connectivity index (χ4n) is 2.11. The van der Waals surface area contributed by atoms with Gasteiger partial charge in [-0.25, -0.2) is 4.39 Å². The summed E-state index contributed by atoms with van der Waals surface area (Å²) < 4.78 is 53.7. The molecule has 11 heteroatoms. The van der Waals surface area contributed by atoms with Crippen LogP contribution in [0.15, 0.2) is 35.6 Å². The zero-order chi connectivity index (χ0) is 19.4. The summed E-state index contributed by atoms with van der Waals surface area (Å²) in [4.78, 5) is 27.5. The minimum absolute atomic E-state index is 0.153. The zero-order valence-electron chi connectivity index (χ0n) is 13.4. The van der Waals surface area contributed by atoms with Crippen LogP contribution in [0.1, 0.15) is 12.5 Å². The summed E-state index contributed by atoms with van der Waals surface area (Å²) in [6, 6.07) is 2.79. The molecule has 0 fully saturated rings. The van der Waals surface area contributed by atoms with Crippen molar-refractivity contribution in [1.29, 1.82) is 0 Å². The maximum absolute atomic E-state index is 13.4. The number of nitrogens with one attached hydrogen (secondary N) is 3. The minimum Gasteiger partial charge on any atom is -0.403 e. The maximum atomic E-state index is 13.4. The van der Waals surface area contributed by atoms with E-state index in [0.29, 0.717) is 0 Å². The second-order valence-corrected chi connectivity index (χ2v) is 5.22. The number of aliphatic imine (C=N–C) groups is 1. The fraction of sp³-hybridized carbons (Fsp3) is 0.267. The molecule has 0 saturated heterocycles. The van der Waals surface area contributed by atoms with Crippen molar-refractivity contribution in [3.05, 3.63) is 42.0 Å². The van der Waals surface area contributed by atoms with Gasteiger partial charge in [-0.3, -0.25) is 14.6 Å². The molecule has 0 saturated carbocycles. The van der Waals surface area contributed by atoms with Crippen LogP contribution in [0, 0.1) is 5.82 Å². The molecule has 1 aromatic rings. The molecule has 1 aromatic carbocycles. The van der Waals surface area contributed by atoms with Crippen molar-refractivity contribution in [3.8, 4) is 5.75 Å². The zero-order valence-corrected chi connectivity index (χ0v) is 13.4. The second kappa shape index (κ2) is 7.42. The van der Waals surface area contributed by atoms with E-state index in [1.54, 1.807) is 0 Å². The van der Waals surface area contributed by atoms with Gasteiger partial charge in [0.25, 0.3) is 5.91 Å². The summed E-state index contributed by atoms with van der Waals surface area (Å²) in [6.07, 6.45) is -1.20. The Hall–Kier alpha value is -3.11. The van der Waals surface area contributed by atoms with Crippen LogP contribution in [0.25, 0.3) is 0 Å². The number of benzene rings is 1. The highest BCUT2D eigenvalue weighted by Gasteiger charge is 2.38. The van der Waals surface area contributed by atoms with E-state index in [2.05, 4.69) is 25.7 Å². The smallest absolute Gasteiger partial charge is 0.403 e. The van der Waals surface area contributed by atoms with E-state index in [0.717, 1.165) is 18.3 Å². The van der Waals surface area contributed by atoms with E-state index in [1.807, 2.05) is 0 Å². The predicted molar refractivity (Wildman–Crippen MR) is 82.2 cm³/mol. The highest BCUT2D eigenvalue weighted by Crippen LogP contribution is 2.26. The minimum atomic E-state index is -5.05. The lowest BCUT2D eigenvalue weighted by Crippen LogP contribution is -2.67. The standard InChI is InChI=1S/C15H14F4N4O3/c1-9(24)23-14(8-20-4-5-22-14)13(25)21-7-10-2-3-11(16)12(6-10)26-15(17,18)19/h2-6,8,22H,7H2,1H3,(H,21,25)(H,23,24). The van der Waals surface area contributed by atoms with Gasteiger partial charge in [-0.2, -0.15) is 0 Å². The molecule has 2 amide bonds. The summed E-state index contributed by atoms with van der Waals surface area (Å²) in [7, 11) is 0. The lowest BCUT2D eigenvalue weighted by atomic mass is 10.1. The summed E-state index contributed by atoms with van der Waals surface area (Å²) in [5, 5.41) is 7.45. The fourth-order valence-corrected chi connectivity index (χ4v) is 2.11. The highest BCUT2D eigenvalue weighted by atomic mass is 19.4. The quantitative estimate of drug-likeness (QED) is 0.678. The molecule has 3 N–H and O–H groups in total. The summed E-state index contributed by atoms with van der Waals surface area (Å²) in [5.74, 6) is -3.44. The van der Waals surface area contributed by atoms with Crippen LogP contribution in [0.4, 0.5) is 17.6 Å². The Morgan fingerprint density at radius 2 is 2.08 bits per heavy atom. The van der Waals surface area contributed by atoms with Gasteiger partial charge in [0.1, 0.15) is 0 Å². The van der Waals surface area contributed by atoms with E-state index >= 15 is 0 Å². The number of ether oxygens (including phenoxy) is 1. The van der Waals surface area contributed by atoms with E-state index < -0.39 is 35.4 Å². The Bertz CT molecular complexity index is 764. The molecule has 7 nitrogen and oxygen atoms in total. The van der Waals surface area contributed by atoms with Crippen molar-refractivity contribution >= 4 is 18.0 Å². The van der Waals surface area contributed by atoms with Crippen molar-refractivity contribution in [3.63, 3.8) is 0 Å². The molecule has 1 heterocycles. The summed E-state index contributed by atoms with van der Waals surface area (Å²) >= 11 is 0. The molecule has 0 spiro atoms. The number of carbonyl (C=O) groups excluding carboxylic acids is 2. The van der Waals surface area contributed by atoms with E-state index in [1.165, 1.54) is 25.4 Å². The van der Waals surface area contributed by atoms with Gasteiger partial charge in [-0.15, -0.1) is 13.2 Å². The second-order valence-electron chi connectivity index (χ2n) is 5.22. The molecule has 0 radical (unpaired) electrons. The highest BCUT2D eigenvalue weighted by molar-refractivity contribution is 6.06. The molecule has 26 heavy (non-hydrogen) atoms. The van der Waals surface area contributed by atoms with Gasteiger partial charge < -0.3 is 20.7 Å². The third-order valence-electron chi connectivity index (χ3n) is 3.15. The van der Waals surface area contributed by atoms with Crippen LogP contribution in [-0.4, -0.2) is 30.1 Å². The number of hydrogen-bond donors (Lipinski definition) is 3. The Balaban J connectivity index is 2.11. The van der Waals surface area contributed by atoms with Crippen molar-refractivity contribution < 1.29 is 31.9 Å². The number of halogens is 4. The maximum Gasteiger partial charge on any atom is 0.573 e. The Kier molecular flexibility index (Phi) is 5.48.